The van der Waals surface area contributed by atoms with Gasteiger partial charge in [-0.25, -0.2) is 4.98 Å². The lowest BCUT2D eigenvalue weighted by Gasteiger charge is -2.01. The minimum absolute atomic E-state index is 0.0475. The number of aliphatic hydroxyl groups is 1. The van der Waals surface area contributed by atoms with Crippen molar-refractivity contribution in [1.82, 2.24) is 4.98 Å². The highest BCUT2D eigenvalue weighted by atomic mass is 32.1. The van der Waals surface area contributed by atoms with Crippen LogP contribution in [0.4, 0.5) is 0 Å². The van der Waals surface area contributed by atoms with Crippen LogP contribution in [0.1, 0.15) is 30.3 Å². The molecule has 0 radical (unpaired) electrons. The van der Waals surface area contributed by atoms with E-state index >= 15 is 0 Å². The van der Waals surface area contributed by atoms with E-state index in [9.17, 15) is 5.11 Å². The van der Waals surface area contributed by atoms with Crippen LogP contribution in [0, 0.1) is 0 Å². The summed E-state index contributed by atoms with van der Waals surface area (Å²) in [5.41, 5.74) is 0.967. The summed E-state index contributed by atoms with van der Waals surface area (Å²) in [6, 6.07) is 3.72. The molecule has 0 unspecified atom stereocenters. The van der Waals surface area contributed by atoms with Gasteiger partial charge in [-0.2, -0.15) is 0 Å². The van der Waals surface area contributed by atoms with Crippen LogP contribution < -0.4 is 0 Å². The maximum absolute atomic E-state index is 9.22. The summed E-state index contributed by atoms with van der Waals surface area (Å²) in [7, 11) is 0. The molecule has 2 aromatic rings. The summed E-state index contributed by atoms with van der Waals surface area (Å²) in [6.45, 7) is 4.19. The first-order chi connectivity index (χ1) is 7.22. The Labute approximate surface area is 92.4 Å². The van der Waals surface area contributed by atoms with Crippen LogP contribution >= 0.6 is 11.3 Å². The normalized spacial score (nSPS) is 11.2. The van der Waals surface area contributed by atoms with Crippen LogP contribution in [0.15, 0.2) is 22.8 Å². The SMILES string of the molecule is CC(C)c1nc(-c2ccco2)sc1CO. The third kappa shape index (κ3) is 1.96. The molecule has 0 amide bonds. The molecule has 0 aliphatic rings. The average Bonchev–Trinajstić information content (AvgIpc) is 2.86. The molecule has 0 fully saturated rings. The van der Waals surface area contributed by atoms with Crippen molar-refractivity contribution < 1.29 is 9.52 Å². The third-order valence-electron chi connectivity index (χ3n) is 2.15. The Morgan fingerprint density at radius 1 is 1.53 bits per heavy atom. The predicted octanol–water partition coefficient (Wildman–Crippen LogP) is 3.02. The van der Waals surface area contributed by atoms with Crippen molar-refractivity contribution in [3.8, 4) is 10.8 Å². The van der Waals surface area contributed by atoms with E-state index in [2.05, 4.69) is 18.8 Å². The molecule has 1 N–H and O–H groups in total. The van der Waals surface area contributed by atoms with Crippen molar-refractivity contribution in [2.75, 3.05) is 0 Å². The Morgan fingerprint density at radius 2 is 2.33 bits per heavy atom. The van der Waals surface area contributed by atoms with E-state index in [-0.39, 0.29) is 6.61 Å². The summed E-state index contributed by atoms with van der Waals surface area (Å²) in [4.78, 5) is 5.42. The maximum atomic E-state index is 9.22. The molecule has 80 valence electrons. The highest BCUT2D eigenvalue weighted by Crippen LogP contribution is 2.31. The second kappa shape index (κ2) is 4.16. The zero-order valence-electron chi connectivity index (χ0n) is 8.73. The fourth-order valence-electron chi connectivity index (χ4n) is 1.43. The molecule has 0 saturated carbocycles. The lowest BCUT2D eigenvalue weighted by atomic mass is 10.1. The van der Waals surface area contributed by atoms with Crippen molar-refractivity contribution in [1.29, 1.82) is 0 Å². The zero-order valence-corrected chi connectivity index (χ0v) is 9.54. The summed E-state index contributed by atoms with van der Waals surface area (Å²) in [5.74, 6) is 1.09. The van der Waals surface area contributed by atoms with E-state index in [1.807, 2.05) is 12.1 Å². The maximum Gasteiger partial charge on any atom is 0.162 e. The van der Waals surface area contributed by atoms with Gasteiger partial charge in [0.15, 0.2) is 10.8 Å². The number of rotatable bonds is 3. The van der Waals surface area contributed by atoms with Crippen LogP contribution in [0.5, 0.6) is 0 Å². The molecular formula is C11H13NO2S. The van der Waals surface area contributed by atoms with Crippen LogP contribution in [-0.4, -0.2) is 10.1 Å². The van der Waals surface area contributed by atoms with Crippen LogP contribution in [0.25, 0.3) is 10.8 Å². The molecule has 0 aliphatic carbocycles. The molecule has 0 spiro atoms. The van der Waals surface area contributed by atoms with Crippen molar-refractivity contribution in [3.05, 3.63) is 29.0 Å². The summed E-state index contributed by atoms with van der Waals surface area (Å²) in [5, 5.41) is 10.1. The van der Waals surface area contributed by atoms with Gasteiger partial charge in [-0.3, -0.25) is 0 Å². The smallest absolute Gasteiger partial charge is 0.162 e. The van der Waals surface area contributed by atoms with E-state index in [1.165, 1.54) is 11.3 Å². The quantitative estimate of drug-likeness (QED) is 0.870. The van der Waals surface area contributed by atoms with Gasteiger partial charge in [-0.1, -0.05) is 13.8 Å². The Kier molecular flexibility index (Phi) is 2.88. The Bertz CT molecular complexity index is 431. The highest BCUT2D eigenvalue weighted by Gasteiger charge is 2.15. The molecule has 0 aliphatic heterocycles. The van der Waals surface area contributed by atoms with E-state index in [0.717, 1.165) is 21.3 Å². The second-order valence-electron chi connectivity index (χ2n) is 3.62. The van der Waals surface area contributed by atoms with E-state index < -0.39 is 0 Å². The molecule has 0 saturated heterocycles. The van der Waals surface area contributed by atoms with Gasteiger partial charge in [0.1, 0.15) is 0 Å². The molecule has 3 nitrogen and oxygen atoms in total. The summed E-state index contributed by atoms with van der Waals surface area (Å²) < 4.78 is 5.28. The highest BCUT2D eigenvalue weighted by molar-refractivity contribution is 7.15. The van der Waals surface area contributed by atoms with Gasteiger partial charge >= 0.3 is 0 Å². The van der Waals surface area contributed by atoms with E-state index in [4.69, 9.17) is 4.42 Å². The topological polar surface area (TPSA) is 46.3 Å². The van der Waals surface area contributed by atoms with E-state index in [1.54, 1.807) is 6.26 Å². The van der Waals surface area contributed by atoms with Crippen molar-refractivity contribution in [2.45, 2.75) is 26.4 Å². The lowest BCUT2D eigenvalue weighted by Crippen LogP contribution is -1.92. The second-order valence-corrected chi connectivity index (χ2v) is 4.70. The third-order valence-corrected chi connectivity index (χ3v) is 3.22. The Hall–Kier alpha value is -1.13. The largest absolute Gasteiger partial charge is 0.462 e. The van der Waals surface area contributed by atoms with Crippen LogP contribution in [-0.2, 0) is 6.61 Å². The number of aromatic nitrogens is 1. The zero-order chi connectivity index (χ0) is 10.8. The first kappa shape index (κ1) is 10.4. The fourth-order valence-corrected chi connectivity index (χ4v) is 2.48. The predicted molar refractivity (Wildman–Crippen MR) is 59.8 cm³/mol. The van der Waals surface area contributed by atoms with Gasteiger partial charge in [-0.05, 0) is 18.1 Å². The molecule has 4 heteroatoms. The van der Waals surface area contributed by atoms with E-state index in [0.29, 0.717) is 5.92 Å². The number of hydrogen-bond donors (Lipinski definition) is 1. The molecule has 0 aromatic carbocycles. The van der Waals surface area contributed by atoms with Crippen LogP contribution in [0.3, 0.4) is 0 Å². The molecule has 2 rings (SSSR count). The fraction of sp³-hybridized carbons (Fsp3) is 0.364. The van der Waals surface area contributed by atoms with Crippen molar-refractivity contribution >= 4 is 11.3 Å². The van der Waals surface area contributed by atoms with Gasteiger partial charge in [0.25, 0.3) is 0 Å². The van der Waals surface area contributed by atoms with Crippen LogP contribution in [0.2, 0.25) is 0 Å². The number of hydrogen-bond acceptors (Lipinski definition) is 4. The first-order valence-corrected chi connectivity index (χ1v) is 5.68. The molecular weight excluding hydrogens is 210 g/mol. The molecule has 0 bridgehead atoms. The minimum Gasteiger partial charge on any atom is -0.462 e. The average molecular weight is 223 g/mol. The van der Waals surface area contributed by atoms with Crippen molar-refractivity contribution in [3.63, 3.8) is 0 Å². The first-order valence-electron chi connectivity index (χ1n) is 4.86. The standard InChI is InChI=1S/C11H13NO2S/c1-7(2)10-9(6-13)15-11(12-10)8-4-3-5-14-8/h3-5,7,13H,6H2,1-2H3. The van der Waals surface area contributed by atoms with Gasteiger partial charge in [-0.15, -0.1) is 11.3 Å². The summed E-state index contributed by atoms with van der Waals surface area (Å²) in [6.07, 6.45) is 1.63. The summed E-state index contributed by atoms with van der Waals surface area (Å²) >= 11 is 1.49. The molecule has 15 heavy (non-hydrogen) atoms. The minimum atomic E-state index is 0.0475. The van der Waals surface area contributed by atoms with Gasteiger partial charge < -0.3 is 9.52 Å². The number of aliphatic hydroxyl groups excluding tert-OH is 1. The van der Waals surface area contributed by atoms with Gasteiger partial charge in [0, 0.05) is 0 Å². The molecule has 2 aromatic heterocycles. The monoisotopic (exact) mass is 223 g/mol. The molecule has 2 heterocycles. The van der Waals surface area contributed by atoms with Gasteiger partial charge in [0.05, 0.1) is 23.4 Å². The number of nitrogens with zero attached hydrogens (tertiary/aromatic N) is 1. The van der Waals surface area contributed by atoms with Gasteiger partial charge in [0.2, 0.25) is 0 Å². The Balaban J connectivity index is 2.43. The molecule has 0 atom stereocenters. The Morgan fingerprint density at radius 3 is 2.80 bits per heavy atom. The van der Waals surface area contributed by atoms with Crippen molar-refractivity contribution in [2.24, 2.45) is 0 Å². The number of thiazole rings is 1. The number of furan rings is 1. The lowest BCUT2D eigenvalue weighted by molar-refractivity contribution is 0.283.